The van der Waals surface area contributed by atoms with Crippen molar-refractivity contribution in [1.29, 1.82) is 0 Å². The summed E-state index contributed by atoms with van der Waals surface area (Å²) in [7, 11) is 0. The Bertz CT molecular complexity index is 435. The van der Waals surface area contributed by atoms with Crippen LogP contribution in [-0.2, 0) is 0 Å². The third kappa shape index (κ3) is 6.68. The number of amides is 2. The fourth-order valence-corrected chi connectivity index (χ4v) is 3.31. The molecule has 0 bridgehead atoms. The number of nitrogens with zero attached hydrogens (tertiary/aromatic N) is 1. The molecule has 3 N–H and O–H groups in total. The van der Waals surface area contributed by atoms with Gasteiger partial charge in [0.05, 0.1) is 6.54 Å². The SMILES string of the molecule is O=C(NCCC1CCN(CC(F)(F)F)CC1)N[C@@H]1C=C[C@H](CO)C1. The number of likely N-dealkylation sites (tertiary alicyclic amines) is 1. The van der Waals surface area contributed by atoms with Gasteiger partial charge in [-0.2, -0.15) is 13.2 Å². The number of urea groups is 1. The molecule has 8 heteroatoms. The third-order valence-electron chi connectivity index (χ3n) is 4.67. The van der Waals surface area contributed by atoms with Crippen LogP contribution in [0.4, 0.5) is 18.0 Å². The van der Waals surface area contributed by atoms with E-state index in [0.717, 1.165) is 19.3 Å². The van der Waals surface area contributed by atoms with E-state index < -0.39 is 12.7 Å². The first-order chi connectivity index (χ1) is 11.4. The Morgan fingerprint density at radius 3 is 2.54 bits per heavy atom. The molecule has 1 aliphatic carbocycles. The number of alkyl halides is 3. The summed E-state index contributed by atoms with van der Waals surface area (Å²) in [5.74, 6) is 0.470. The van der Waals surface area contributed by atoms with Crippen molar-refractivity contribution in [1.82, 2.24) is 15.5 Å². The van der Waals surface area contributed by atoms with Gasteiger partial charge >= 0.3 is 12.2 Å². The summed E-state index contributed by atoms with van der Waals surface area (Å²) in [5, 5.41) is 14.7. The lowest BCUT2D eigenvalue weighted by atomic mass is 9.93. The fraction of sp³-hybridized carbons (Fsp3) is 0.812. The first-order valence-corrected chi connectivity index (χ1v) is 8.48. The van der Waals surface area contributed by atoms with Crippen molar-refractivity contribution >= 4 is 6.03 Å². The Labute approximate surface area is 140 Å². The highest BCUT2D eigenvalue weighted by Gasteiger charge is 2.32. The molecule has 0 saturated carbocycles. The Kier molecular flexibility index (Phi) is 6.91. The molecule has 0 radical (unpaired) electrons. The van der Waals surface area contributed by atoms with Crippen molar-refractivity contribution in [3.8, 4) is 0 Å². The molecule has 1 heterocycles. The van der Waals surface area contributed by atoms with Crippen LogP contribution < -0.4 is 10.6 Å². The minimum atomic E-state index is -4.13. The van der Waals surface area contributed by atoms with E-state index in [1.54, 1.807) is 0 Å². The number of piperidine rings is 1. The molecule has 1 saturated heterocycles. The third-order valence-corrected chi connectivity index (χ3v) is 4.67. The molecule has 2 rings (SSSR count). The number of aliphatic hydroxyl groups is 1. The number of carbonyl (C=O) groups excluding carboxylic acids is 1. The number of hydrogen-bond acceptors (Lipinski definition) is 3. The number of halogens is 3. The minimum absolute atomic E-state index is 0.0484. The monoisotopic (exact) mass is 349 g/mol. The molecule has 0 unspecified atom stereocenters. The van der Waals surface area contributed by atoms with Crippen molar-refractivity contribution in [2.75, 3.05) is 32.8 Å². The highest BCUT2D eigenvalue weighted by molar-refractivity contribution is 5.74. The molecule has 24 heavy (non-hydrogen) atoms. The smallest absolute Gasteiger partial charge is 0.396 e. The van der Waals surface area contributed by atoms with E-state index in [1.807, 2.05) is 12.2 Å². The molecule has 2 aliphatic rings. The maximum atomic E-state index is 12.3. The van der Waals surface area contributed by atoms with Gasteiger partial charge in [0.15, 0.2) is 0 Å². The first kappa shape index (κ1) is 19.1. The number of rotatable bonds is 6. The van der Waals surface area contributed by atoms with Crippen LogP contribution in [0.1, 0.15) is 25.7 Å². The Morgan fingerprint density at radius 1 is 1.25 bits per heavy atom. The summed E-state index contributed by atoms with van der Waals surface area (Å²) in [6.07, 6.45) is 2.63. The molecule has 0 spiro atoms. The van der Waals surface area contributed by atoms with E-state index in [2.05, 4.69) is 10.6 Å². The average molecular weight is 349 g/mol. The Morgan fingerprint density at radius 2 is 1.96 bits per heavy atom. The van der Waals surface area contributed by atoms with Gasteiger partial charge in [0, 0.05) is 25.1 Å². The van der Waals surface area contributed by atoms with Gasteiger partial charge in [0.1, 0.15) is 0 Å². The summed E-state index contributed by atoms with van der Waals surface area (Å²) >= 11 is 0. The zero-order valence-corrected chi connectivity index (χ0v) is 13.7. The van der Waals surface area contributed by atoms with Gasteiger partial charge in [0.25, 0.3) is 0 Å². The van der Waals surface area contributed by atoms with Crippen LogP contribution in [0.3, 0.4) is 0 Å². The van der Waals surface area contributed by atoms with Crippen LogP contribution in [-0.4, -0.2) is 61.0 Å². The van der Waals surface area contributed by atoms with Gasteiger partial charge in [-0.25, -0.2) is 4.79 Å². The topological polar surface area (TPSA) is 64.6 Å². The molecular weight excluding hydrogens is 323 g/mol. The summed E-state index contributed by atoms with van der Waals surface area (Å²) in [6.45, 7) is 0.709. The Balaban J connectivity index is 1.55. The molecule has 1 fully saturated rings. The van der Waals surface area contributed by atoms with Gasteiger partial charge in [-0.3, -0.25) is 4.90 Å². The molecule has 2 atom stereocenters. The van der Waals surface area contributed by atoms with E-state index in [4.69, 9.17) is 5.11 Å². The standard InChI is InChI=1S/C16H26F3N3O2/c17-16(18,19)11-22-7-4-12(5-8-22)3-6-20-15(24)21-14-2-1-13(9-14)10-23/h1-2,12-14,23H,3-11H2,(H2,20,21,24)/t13-,14+/m0/s1. The molecule has 0 aromatic carbocycles. The predicted molar refractivity (Wildman–Crippen MR) is 84.5 cm³/mol. The van der Waals surface area contributed by atoms with Crippen LogP contribution in [0.25, 0.3) is 0 Å². The summed E-state index contributed by atoms with van der Waals surface area (Å²) in [5.41, 5.74) is 0. The second kappa shape index (κ2) is 8.71. The Hall–Kier alpha value is -1.28. The molecule has 138 valence electrons. The zero-order chi connectivity index (χ0) is 17.6. The minimum Gasteiger partial charge on any atom is -0.396 e. The van der Waals surface area contributed by atoms with Crippen LogP contribution in [0.5, 0.6) is 0 Å². The second-order valence-corrected chi connectivity index (χ2v) is 6.69. The van der Waals surface area contributed by atoms with Crippen molar-refractivity contribution in [2.45, 2.75) is 37.9 Å². The van der Waals surface area contributed by atoms with Crippen molar-refractivity contribution in [3.05, 3.63) is 12.2 Å². The second-order valence-electron chi connectivity index (χ2n) is 6.69. The number of aliphatic hydroxyl groups excluding tert-OH is 1. The molecule has 0 aromatic heterocycles. The van der Waals surface area contributed by atoms with Crippen molar-refractivity contribution in [3.63, 3.8) is 0 Å². The summed E-state index contributed by atoms with van der Waals surface area (Å²) < 4.78 is 37.0. The lowest BCUT2D eigenvalue weighted by molar-refractivity contribution is -0.148. The van der Waals surface area contributed by atoms with Gasteiger partial charge in [0.2, 0.25) is 0 Å². The lowest BCUT2D eigenvalue weighted by Crippen LogP contribution is -2.43. The fourth-order valence-electron chi connectivity index (χ4n) is 3.31. The van der Waals surface area contributed by atoms with E-state index in [0.29, 0.717) is 32.0 Å². The van der Waals surface area contributed by atoms with Gasteiger partial charge < -0.3 is 15.7 Å². The van der Waals surface area contributed by atoms with E-state index >= 15 is 0 Å². The summed E-state index contributed by atoms with van der Waals surface area (Å²) in [6, 6.07) is -0.287. The summed E-state index contributed by atoms with van der Waals surface area (Å²) in [4.78, 5) is 13.2. The van der Waals surface area contributed by atoms with Crippen LogP contribution >= 0.6 is 0 Å². The maximum absolute atomic E-state index is 12.3. The van der Waals surface area contributed by atoms with Gasteiger partial charge in [-0.05, 0) is 44.7 Å². The van der Waals surface area contributed by atoms with Crippen LogP contribution in [0, 0.1) is 11.8 Å². The van der Waals surface area contributed by atoms with E-state index in [1.165, 1.54) is 4.90 Å². The van der Waals surface area contributed by atoms with E-state index in [-0.39, 0.29) is 24.6 Å². The van der Waals surface area contributed by atoms with Gasteiger partial charge in [-0.1, -0.05) is 12.2 Å². The molecule has 2 amide bonds. The quantitative estimate of drug-likeness (QED) is 0.642. The van der Waals surface area contributed by atoms with Gasteiger partial charge in [-0.15, -0.1) is 0 Å². The molecular formula is C16H26F3N3O2. The molecule has 5 nitrogen and oxygen atoms in total. The van der Waals surface area contributed by atoms with Crippen LogP contribution in [0.15, 0.2) is 12.2 Å². The maximum Gasteiger partial charge on any atom is 0.401 e. The normalized spacial score (nSPS) is 25.8. The number of nitrogens with one attached hydrogen (secondary N) is 2. The van der Waals surface area contributed by atoms with Crippen LogP contribution in [0.2, 0.25) is 0 Å². The van der Waals surface area contributed by atoms with E-state index in [9.17, 15) is 18.0 Å². The highest BCUT2D eigenvalue weighted by Crippen LogP contribution is 2.24. The average Bonchev–Trinajstić information content (AvgIpc) is 2.95. The zero-order valence-electron chi connectivity index (χ0n) is 13.7. The largest absolute Gasteiger partial charge is 0.401 e. The predicted octanol–water partition coefficient (Wildman–Crippen LogP) is 1.89. The van der Waals surface area contributed by atoms with Crippen molar-refractivity contribution in [2.24, 2.45) is 11.8 Å². The molecule has 0 aromatic rings. The highest BCUT2D eigenvalue weighted by atomic mass is 19.4. The number of hydrogen-bond donors (Lipinski definition) is 3. The first-order valence-electron chi connectivity index (χ1n) is 8.48. The lowest BCUT2D eigenvalue weighted by Gasteiger charge is -2.32. The van der Waals surface area contributed by atoms with Crippen molar-refractivity contribution < 1.29 is 23.1 Å². The number of carbonyl (C=O) groups is 1. The molecule has 1 aliphatic heterocycles.